The highest BCUT2D eigenvalue weighted by atomic mass is 35.5. The largest absolute Gasteiger partial charge is 0.491 e. The Labute approximate surface area is 91.1 Å². The van der Waals surface area contributed by atoms with Gasteiger partial charge in [0.25, 0.3) is 0 Å². The fourth-order valence-corrected chi connectivity index (χ4v) is 1.35. The van der Waals surface area contributed by atoms with Gasteiger partial charge in [-0.15, -0.1) is 0 Å². The van der Waals surface area contributed by atoms with Gasteiger partial charge in [0.15, 0.2) is 10.9 Å². The molecule has 0 spiro atoms. The lowest BCUT2D eigenvalue weighted by molar-refractivity contribution is 0.412. The van der Waals surface area contributed by atoms with E-state index in [1.54, 1.807) is 18.6 Å². The number of rotatable bonds is 2. The van der Waals surface area contributed by atoms with Crippen molar-refractivity contribution >= 4 is 11.6 Å². The Morgan fingerprint density at radius 1 is 1.20 bits per heavy atom. The van der Waals surface area contributed by atoms with E-state index in [0.717, 1.165) is 0 Å². The van der Waals surface area contributed by atoms with Gasteiger partial charge in [-0.3, -0.25) is 9.97 Å². The molecule has 0 aliphatic heterocycles. The first kappa shape index (κ1) is 9.79. The topological polar surface area (TPSA) is 60.8 Å². The van der Waals surface area contributed by atoms with Crippen LogP contribution in [0.4, 0.5) is 0 Å². The van der Waals surface area contributed by atoms with Gasteiger partial charge in [-0.25, -0.2) is 9.97 Å². The molecule has 76 valence electrons. The van der Waals surface area contributed by atoms with E-state index in [-0.39, 0.29) is 5.15 Å². The second kappa shape index (κ2) is 4.18. The van der Waals surface area contributed by atoms with Crippen molar-refractivity contribution in [2.75, 3.05) is 7.11 Å². The van der Waals surface area contributed by atoms with Crippen LogP contribution >= 0.6 is 11.6 Å². The highest BCUT2D eigenvalue weighted by Gasteiger charge is 2.12. The molecule has 0 radical (unpaired) electrons. The van der Waals surface area contributed by atoms with Crippen LogP contribution < -0.4 is 4.74 Å². The summed E-state index contributed by atoms with van der Waals surface area (Å²) >= 11 is 5.86. The average molecular weight is 223 g/mol. The lowest BCUT2D eigenvalue weighted by atomic mass is 10.3. The monoisotopic (exact) mass is 222 g/mol. The van der Waals surface area contributed by atoms with Crippen LogP contribution in [0.2, 0.25) is 5.15 Å². The standard InChI is InChI=1S/C9H7ClN4O/c1-15-8-7(13-5-14-9(8)10)6-4-11-2-3-12-6/h2-5H,1H3. The van der Waals surface area contributed by atoms with Gasteiger partial charge in [0.2, 0.25) is 0 Å². The third-order valence-electron chi connectivity index (χ3n) is 1.77. The maximum atomic E-state index is 5.86. The summed E-state index contributed by atoms with van der Waals surface area (Å²) < 4.78 is 5.11. The minimum absolute atomic E-state index is 0.258. The van der Waals surface area contributed by atoms with Gasteiger partial charge >= 0.3 is 0 Å². The van der Waals surface area contributed by atoms with Crippen molar-refractivity contribution in [3.63, 3.8) is 0 Å². The Bertz CT molecular complexity index is 463. The number of ether oxygens (including phenoxy) is 1. The molecule has 15 heavy (non-hydrogen) atoms. The Kier molecular flexibility index (Phi) is 2.73. The molecule has 0 aliphatic rings. The first-order chi connectivity index (χ1) is 7.33. The number of methoxy groups -OCH3 is 1. The average Bonchev–Trinajstić information content (AvgIpc) is 2.30. The number of nitrogens with zero attached hydrogens (tertiary/aromatic N) is 4. The van der Waals surface area contributed by atoms with Gasteiger partial charge in [0.1, 0.15) is 17.7 Å². The lowest BCUT2D eigenvalue weighted by Gasteiger charge is -2.06. The van der Waals surface area contributed by atoms with E-state index >= 15 is 0 Å². The molecule has 0 aliphatic carbocycles. The second-order valence-electron chi connectivity index (χ2n) is 2.64. The smallest absolute Gasteiger partial charge is 0.184 e. The van der Waals surface area contributed by atoms with E-state index in [1.807, 2.05) is 0 Å². The third kappa shape index (κ3) is 1.87. The minimum atomic E-state index is 0.258. The predicted molar refractivity (Wildman–Crippen MR) is 54.6 cm³/mol. The molecule has 6 heteroatoms. The molecule has 2 heterocycles. The first-order valence-electron chi connectivity index (χ1n) is 4.14. The zero-order valence-electron chi connectivity index (χ0n) is 7.88. The fraction of sp³-hybridized carbons (Fsp3) is 0.111. The third-order valence-corrected chi connectivity index (χ3v) is 2.04. The van der Waals surface area contributed by atoms with Crippen molar-refractivity contribution in [2.45, 2.75) is 0 Å². The molecule has 2 aromatic heterocycles. The Morgan fingerprint density at radius 2 is 2.07 bits per heavy atom. The summed E-state index contributed by atoms with van der Waals surface area (Å²) in [4.78, 5) is 15.9. The molecule has 0 amide bonds. The maximum absolute atomic E-state index is 5.86. The SMILES string of the molecule is COc1c(Cl)ncnc1-c1cnccn1. The van der Waals surface area contributed by atoms with Gasteiger partial charge in [-0.2, -0.15) is 0 Å². The van der Waals surface area contributed by atoms with Crippen molar-refractivity contribution < 1.29 is 4.74 Å². The number of aromatic nitrogens is 4. The van der Waals surface area contributed by atoms with Crippen LogP contribution in [0.25, 0.3) is 11.4 Å². The van der Waals surface area contributed by atoms with Crippen LogP contribution in [0.15, 0.2) is 24.9 Å². The van der Waals surface area contributed by atoms with E-state index in [4.69, 9.17) is 16.3 Å². The summed E-state index contributed by atoms with van der Waals surface area (Å²) in [7, 11) is 1.50. The summed E-state index contributed by atoms with van der Waals surface area (Å²) in [6.07, 6.45) is 6.10. The summed E-state index contributed by atoms with van der Waals surface area (Å²) in [6, 6.07) is 0. The zero-order valence-corrected chi connectivity index (χ0v) is 8.64. The van der Waals surface area contributed by atoms with Gasteiger partial charge in [-0.1, -0.05) is 11.6 Å². The molecule has 0 N–H and O–H groups in total. The lowest BCUT2D eigenvalue weighted by Crippen LogP contribution is -1.96. The zero-order chi connectivity index (χ0) is 10.7. The highest BCUT2D eigenvalue weighted by molar-refractivity contribution is 6.31. The van der Waals surface area contributed by atoms with E-state index in [9.17, 15) is 0 Å². The molecule has 0 saturated carbocycles. The molecule has 0 bridgehead atoms. The summed E-state index contributed by atoms with van der Waals surface area (Å²) in [6.45, 7) is 0. The van der Waals surface area contributed by atoms with Crippen molar-refractivity contribution in [3.8, 4) is 17.1 Å². The molecule has 0 unspecified atom stereocenters. The van der Waals surface area contributed by atoms with E-state index < -0.39 is 0 Å². The summed E-state index contributed by atoms with van der Waals surface area (Å²) in [5.41, 5.74) is 1.13. The van der Waals surface area contributed by atoms with Gasteiger partial charge in [-0.05, 0) is 0 Å². The van der Waals surface area contributed by atoms with Crippen LogP contribution in [-0.2, 0) is 0 Å². The number of hydrogen-bond acceptors (Lipinski definition) is 5. The molecule has 2 aromatic rings. The van der Waals surface area contributed by atoms with Gasteiger partial charge in [0, 0.05) is 12.4 Å². The van der Waals surface area contributed by atoms with Crippen LogP contribution in [0, 0.1) is 0 Å². The Hall–Kier alpha value is -1.75. The van der Waals surface area contributed by atoms with Crippen molar-refractivity contribution in [2.24, 2.45) is 0 Å². The van der Waals surface area contributed by atoms with E-state index in [0.29, 0.717) is 17.1 Å². The summed E-state index contributed by atoms with van der Waals surface area (Å²) in [5.74, 6) is 0.402. The molecule has 0 aromatic carbocycles. The Balaban J connectivity index is 2.58. The molecule has 2 rings (SSSR count). The minimum Gasteiger partial charge on any atom is -0.491 e. The predicted octanol–water partition coefficient (Wildman–Crippen LogP) is 1.60. The van der Waals surface area contributed by atoms with Gasteiger partial charge in [0.05, 0.1) is 13.3 Å². The first-order valence-corrected chi connectivity index (χ1v) is 4.51. The van der Waals surface area contributed by atoms with Gasteiger partial charge < -0.3 is 4.74 Å². The quantitative estimate of drug-likeness (QED) is 0.723. The molecule has 5 nitrogen and oxygen atoms in total. The summed E-state index contributed by atoms with van der Waals surface area (Å²) in [5, 5.41) is 0.258. The fourth-order valence-electron chi connectivity index (χ4n) is 1.14. The normalized spacial score (nSPS) is 10.0. The van der Waals surface area contributed by atoms with Crippen LogP contribution in [0.5, 0.6) is 5.75 Å². The highest BCUT2D eigenvalue weighted by Crippen LogP contribution is 2.30. The molecule has 0 atom stereocenters. The van der Waals surface area contributed by atoms with Crippen molar-refractivity contribution in [3.05, 3.63) is 30.1 Å². The second-order valence-corrected chi connectivity index (χ2v) is 2.99. The number of halogens is 1. The van der Waals surface area contributed by atoms with Crippen LogP contribution in [0.1, 0.15) is 0 Å². The molecule has 0 saturated heterocycles. The molecular formula is C9H7ClN4O. The van der Waals surface area contributed by atoms with E-state index in [1.165, 1.54) is 13.4 Å². The molecular weight excluding hydrogens is 216 g/mol. The Morgan fingerprint density at radius 3 is 2.73 bits per heavy atom. The van der Waals surface area contributed by atoms with Crippen LogP contribution in [-0.4, -0.2) is 27.0 Å². The molecule has 0 fully saturated rings. The van der Waals surface area contributed by atoms with Crippen LogP contribution in [0.3, 0.4) is 0 Å². The maximum Gasteiger partial charge on any atom is 0.184 e. The van der Waals surface area contributed by atoms with Crippen molar-refractivity contribution in [1.29, 1.82) is 0 Å². The van der Waals surface area contributed by atoms with Crippen molar-refractivity contribution in [1.82, 2.24) is 19.9 Å². The van der Waals surface area contributed by atoms with E-state index in [2.05, 4.69) is 19.9 Å². The number of hydrogen-bond donors (Lipinski definition) is 0.